The molecule has 0 aliphatic heterocycles. The minimum Gasteiger partial charge on any atom is -0.330 e. The van der Waals surface area contributed by atoms with Gasteiger partial charge in [0.25, 0.3) is 0 Å². The van der Waals surface area contributed by atoms with E-state index in [1.54, 1.807) is 4.68 Å². The first kappa shape index (κ1) is 15.8. The summed E-state index contributed by atoms with van der Waals surface area (Å²) in [6, 6.07) is 0. The van der Waals surface area contributed by atoms with E-state index in [4.69, 9.17) is 5.73 Å². The van der Waals surface area contributed by atoms with Crippen molar-refractivity contribution in [1.82, 2.24) is 14.8 Å². The first-order valence-corrected chi connectivity index (χ1v) is 7.16. The lowest BCUT2D eigenvalue weighted by molar-refractivity contribution is -0.118. The maximum Gasteiger partial charge on any atom is 0.140 e. The van der Waals surface area contributed by atoms with Crippen LogP contribution in [0.2, 0.25) is 0 Å². The third kappa shape index (κ3) is 5.11. The van der Waals surface area contributed by atoms with Crippen LogP contribution in [-0.2, 0) is 17.8 Å². The molecule has 108 valence electrons. The second kappa shape index (κ2) is 8.04. The van der Waals surface area contributed by atoms with Crippen molar-refractivity contribution < 1.29 is 4.79 Å². The second-order valence-corrected chi connectivity index (χ2v) is 5.33. The highest BCUT2D eigenvalue weighted by Gasteiger charge is 2.16. The van der Waals surface area contributed by atoms with Gasteiger partial charge in [-0.3, -0.25) is 4.79 Å². The Morgan fingerprint density at radius 1 is 1.42 bits per heavy atom. The van der Waals surface area contributed by atoms with Crippen molar-refractivity contribution in [3.63, 3.8) is 0 Å². The van der Waals surface area contributed by atoms with E-state index in [2.05, 4.69) is 23.9 Å². The first-order valence-electron chi connectivity index (χ1n) is 7.16. The molecule has 0 bridgehead atoms. The summed E-state index contributed by atoms with van der Waals surface area (Å²) in [5.74, 6) is 2.13. The van der Waals surface area contributed by atoms with Gasteiger partial charge in [-0.2, -0.15) is 5.10 Å². The fourth-order valence-corrected chi connectivity index (χ4v) is 2.33. The maximum absolute atomic E-state index is 12.0. The predicted molar refractivity (Wildman–Crippen MR) is 75.6 cm³/mol. The number of carbonyl (C=O) groups is 1. The van der Waals surface area contributed by atoms with Crippen molar-refractivity contribution in [2.75, 3.05) is 6.54 Å². The normalized spacial score (nSPS) is 12.9. The van der Waals surface area contributed by atoms with Crippen molar-refractivity contribution >= 4 is 5.78 Å². The zero-order valence-corrected chi connectivity index (χ0v) is 12.3. The summed E-state index contributed by atoms with van der Waals surface area (Å²) in [6.07, 6.45) is 4.43. The van der Waals surface area contributed by atoms with Crippen molar-refractivity contribution in [2.45, 2.75) is 53.0 Å². The molecule has 1 unspecified atom stereocenters. The molecule has 0 aliphatic carbocycles. The van der Waals surface area contributed by atoms with Crippen molar-refractivity contribution in [3.8, 4) is 0 Å². The number of aryl methyl sites for hydroxylation is 1. The minimum absolute atomic E-state index is 0.241. The average Bonchev–Trinajstić information content (AvgIpc) is 2.81. The van der Waals surface area contributed by atoms with Crippen LogP contribution in [0.25, 0.3) is 0 Å². The first-order chi connectivity index (χ1) is 9.08. The highest BCUT2D eigenvalue weighted by molar-refractivity contribution is 5.80. The number of carbonyl (C=O) groups excluding carboxylic acids is 1. The number of nitrogens with zero attached hydrogens (tertiary/aromatic N) is 3. The number of aromatic nitrogens is 3. The zero-order valence-electron chi connectivity index (χ0n) is 12.3. The van der Waals surface area contributed by atoms with Crippen LogP contribution >= 0.6 is 0 Å². The van der Waals surface area contributed by atoms with E-state index in [-0.39, 0.29) is 5.78 Å². The largest absolute Gasteiger partial charge is 0.330 e. The summed E-state index contributed by atoms with van der Waals surface area (Å²) >= 11 is 0. The molecule has 0 radical (unpaired) electrons. The molecule has 1 heterocycles. The molecule has 0 amide bonds. The van der Waals surface area contributed by atoms with Gasteiger partial charge in [-0.25, -0.2) is 9.67 Å². The molecule has 1 rings (SSSR count). The van der Waals surface area contributed by atoms with Crippen LogP contribution in [0, 0.1) is 11.8 Å². The van der Waals surface area contributed by atoms with Gasteiger partial charge in [0.1, 0.15) is 17.9 Å². The smallest absolute Gasteiger partial charge is 0.140 e. The van der Waals surface area contributed by atoms with Gasteiger partial charge in [-0.15, -0.1) is 0 Å². The van der Waals surface area contributed by atoms with Gasteiger partial charge >= 0.3 is 0 Å². The molecule has 0 aromatic carbocycles. The number of ketones is 1. The Morgan fingerprint density at radius 3 is 2.74 bits per heavy atom. The number of hydrogen-bond donors (Lipinski definition) is 1. The molecule has 1 atom stereocenters. The van der Waals surface area contributed by atoms with E-state index in [1.807, 2.05) is 6.92 Å². The van der Waals surface area contributed by atoms with Gasteiger partial charge in [0.15, 0.2) is 0 Å². The van der Waals surface area contributed by atoms with Crippen LogP contribution in [0.15, 0.2) is 6.33 Å². The van der Waals surface area contributed by atoms with E-state index in [0.717, 1.165) is 25.2 Å². The van der Waals surface area contributed by atoms with Crippen LogP contribution in [-0.4, -0.2) is 27.1 Å². The minimum atomic E-state index is 0.241. The molecule has 1 aromatic heterocycles. The van der Waals surface area contributed by atoms with Crippen molar-refractivity contribution in [3.05, 3.63) is 12.2 Å². The van der Waals surface area contributed by atoms with Gasteiger partial charge < -0.3 is 5.73 Å². The molecule has 0 fully saturated rings. The van der Waals surface area contributed by atoms with Gasteiger partial charge in [0.2, 0.25) is 0 Å². The van der Waals surface area contributed by atoms with Crippen LogP contribution in [0.5, 0.6) is 0 Å². The monoisotopic (exact) mass is 266 g/mol. The van der Waals surface area contributed by atoms with E-state index >= 15 is 0 Å². The van der Waals surface area contributed by atoms with E-state index < -0.39 is 0 Å². The molecule has 5 heteroatoms. The Kier molecular flexibility index (Phi) is 6.70. The molecule has 0 saturated heterocycles. The lowest BCUT2D eigenvalue weighted by atomic mass is 9.87. The lowest BCUT2D eigenvalue weighted by Crippen LogP contribution is -2.17. The molecular weight excluding hydrogens is 240 g/mol. The molecule has 0 aliphatic rings. The number of Topliss-reactive ketones (excluding diaryl/α,β-unsaturated/α-hetero) is 1. The number of hydrogen-bond acceptors (Lipinski definition) is 4. The summed E-state index contributed by atoms with van der Waals surface area (Å²) in [5, 5.41) is 4.08. The third-order valence-electron chi connectivity index (χ3n) is 3.62. The molecule has 1 aromatic rings. The van der Waals surface area contributed by atoms with Crippen molar-refractivity contribution in [2.24, 2.45) is 17.6 Å². The Hall–Kier alpha value is -1.23. The third-order valence-corrected chi connectivity index (χ3v) is 3.62. The van der Waals surface area contributed by atoms with Crippen LogP contribution in [0.3, 0.4) is 0 Å². The summed E-state index contributed by atoms with van der Waals surface area (Å²) in [6.45, 7) is 7.83. The molecule has 0 saturated carbocycles. The topological polar surface area (TPSA) is 73.8 Å². The summed E-state index contributed by atoms with van der Waals surface area (Å²) < 4.78 is 1.78. The quantitative estimate of drug-likeness (QED) is 0.739. The standard InChI is InChI=1S/C14H26N4O/c1-4-18-14(16-10-17-18)9-13(19)6-5-12(7-8-15)11(2)3/h10-12H,4-9,15H2,1-3H3. The lowest BCUT2D eigenvalue weighted by Gasteiger charge is -2.19. The summed E-state index contributed by atoms with van der Waals surface area (Å²) in [4.78, 5) is 16.1. The second-order valence-electron chi connectivity index (χ2n) is 5.33. The molecule has 5 nitrogen and oxygen atoms in total. The van der Waals surface area contributed by atoms with E-state index in [1.165, 1.54) is 6.33 Å². The Labute approximate surface area is 115 Å². The fraction of sp³-hybridized carbons (Fsp3) is 0.786. The average molecular weight is 266 g/mol. The molecule has 0 spiro atoms. The fourth-order valence-electron chi connectivity index (χ4n) is 2.33. The van der Waals surface area contributed by atoms with Gasteiger partial charge in [-0.1, -0.05) is 13.8 Å². The zero-order chi connectivity index (χ0) is 14.3. The van der Waals surface area contributed by atoms with Crippen LogP contribution in [0.1, 0.15) is 45.9 Å². The van der Waals surface area contributed by atoms with Gasteiger partial charge in [0, 0.05) is 13.0 Å². The highest BCUT2D eigenvalue weighted by atomic mass is 16.1. The van der Waals surface area contributed by atoms with E-state index in [0.29, 0.717) is 31.2 Å². The summed E-state index contributed by atoms with van der Waals surface area (Å²) in [7, 11) is 0. The number of nitrogens with two attached hydrogens (primary N) is 1. The van der Waals surface area contributed by atoms with Gasteiger partial charge in [-0.05, 0) is 38.1 Å². The predicted octanol–water partition coefficient (Wildman–Crippen LogP) is 1.81. The molecular formula is C14H26N4O. The Balaban J connectivity index is 2.43. The number of rotatable bonds is 9. The van der Waals surface area contributed by atoms with Crippen LogP contribution in [0.4, 0.5) is 0 Å². The van der Waals surface area contributed by atoms with Crippen LogP contribution < -0.4 is 5.73 Å². The van der Waals surface area contributed by atoms with E-state index in [9.17, 15) is 4.79 Å². The molecule has 2 N–H and O–H groups in total. The van der Waals surface area contributed by atoms with Crippen molar-refractivity contribution in [1.29, 1.82) is 0 Å². The highest BCUT2D eigenvalue weighted by Crippen LogP contribution is 2.20. The summed E-state index contributed by atoms with van der Waals surface area (Å²) in [5.41, 5.74) is 5.61. The SMILES string of the molecule is CCn1ncnc1CC(=O)CCC(CCN)C(C)C. The Bertz CT molecular complexity index is 387. The Morgan fingerprint density at radius 2 is 2.16 bits per heavy atom. The molecule has 19 heavy (non-hydrogen) atoms. The van der Waals surface area contributed by atoms with Gasteiger partial charge in [0.05, 0.1) is 6.42 Å². The maximum atomic E-state index is 12.0.